The number of rotatable bonds is 2. The van der Waals surface area contributed by atoms with Crippen LogP contribution < -0.4 is 4.90 Å². The lowest BCUT2D eigenvalue weighted by molar-refractivity contribution is 0.199. The summed E-state index contributed by atoms with van der Waals surface area (Å²) in [5, 5.41) is 9.91. The van der Waals surface area contributed by atoms with Crippen LogP contribution in [-0.4, -0.2) is 11.7 Å². The van der Waals surface area contributed by atoms with E-state index in [1.165, 1.54) is 11.6 Å². The van der Waals surface area contributed by atoms with Gasteiger partial charge in [-0.2, -0.15) is 0 Å². The minimum absolute atomic E-state index is 0.278. The van der Waals surface area contributed by atoms with Crippen LogP contribution in [0.5, 0.6) is 0 Å². The Kier molecular flexibility index (Phi) is 3.45. The zero-order valence-electron chi connectivity index (χ0n) is 11.5. The molecule has 3 rings (SSSR count). The van der Waals surface area contributed by atoms with Gasteiger partial charge in [0.1, 0.15) is 5.82 Å². The average molecular weight is 271 g/mol. The van der Waals surface area contributed by atoms with Crippen LogP contribution in [0.2, 0.25) is 0 Å². The Bertz CT molecular complexity index is 624. The second-order valence-electron chi connectivity index (χ2n) is 5.24. The molecule has 3 heteroatoms. The van der Waals surface area contributed by atoms with Crippen molar-refractivity contribution in [3.63, 3.8) is 0 Å². The number of aryl methyl sites for hydroxylation is 1. The number of aliphatic hydroxyl groups is 1. The summed E-state index contributed by atoms with van der Waals surface area (Å²) in [5.41, 5.74) is 3.43. The first-order chi connectivity index (χ1) is 9.68. The molecule has 2 nitrogen and oxygen atoms in total. The lowest BCUT2D eigenvalue weighted by Crippen LogP contribution is -2.26. The van der Waals surface area contributed by atoms with Crippen LogP contribution in [0.15, 0.2) is 42.5 Å². The van der Waals surface area contributed by atoms with E-state index in [-0.39, 0.29) is 5.82 Å². The molecule has 1 atom stereocenters. The summed E-state index contributed by atoms with van der Waals surface area (Å²) in [4.78, 5) is 2.00. The van der Waals surface area contributed by atoms with E-state index in [2.05, 4.69) is 6.07 Å². The van der Waals surface area contributed by atoms with E-state index in [4.69, 9.17) is 0 Å². The van der Waals surface area contributed by atoms with Crippen molar-refractivity contribution in [2.24, 2.45) is 0 Å². The predicted molar refractivity (Wildman–Crippen MR) is 78.8 cm³/mol. The summed E-state index contributed by atoms with van der Waals surface area (Å²) < 4.78 is 14.3. The molecule has 1 aliphatic heterocycles. The molecule has 20 heavy (non-hydrogen) atoms. The topological polar surface area (TPSA) is 23.5 Å². The molecule has 0 spiro atoms. The molecule has 0 unspecified atom stereocenters. The third-order valence-electron chi connectivity index (χ3n) is 3.85. The van der Waals surface area contributed by atoms with Gasteiger partial charge in [-0.3, -0.25) is 0 Å². The molecule has 1 N–H and O–H groups in total. The van der Waals surface area contributed by atoms with Gasteiger partial charge in [-0.25, -0.2) is 4.39 Å². The summed E-state index contributed by atoms with van der Waals surface area (Å²) in [7, 11) is 0. The molecule has 0 aliphatic carbocycles. The van der Waals surface area contributed by atoms with Crippen LogP contribution >= 0.6 is 0 Å². The predicted octanol–water partition coefficient (Wildman–Crippen LogP) is 3.96. The van der Waals surface area contributed by atoms with Crippen molar-refractivity contribution in [1.29, 1.82) is 0 Å². The SMILES string of the molecule is C[C@H](O)c1cccc(F)c1N1CCCc2ccccc21. The van der Waals surface area contributed by atoms with E-state index < -0.39 is 6.10 Å². The van der Waals surface area contributed by atoms with Gasteiger partial charge >= 0.3 is 0 Å². The second kappa shape index (κ2) is 5.25. The molecule has 104 valence electrons. The number of benzene rings is 2. The van der Waals surface area contributed by atoms with Crippen molar-refractivity contribution in [2.75, 3.05) is 11.4 Å². The molecule has 0 fully saturated rings. The minimum atomic E-state index is -0.685. The van der Waals surface area contributed by atoms with E-state index >= 15 is 0 Å². The number of aliphatic hydroxyl groups excluding tert-OH is 1. The first kappa shape index (κ1) is 13.1. The van der Waals surface area contributed by atoms with E-state index in [0.717, 1.165) is 25.1 Å². The zero-order chi connectivity index (χ0) is 14.1. The first-order valence-corrected chi connectivity index (χ1v) is 7.00. The lowest BCUT2D eigenvalue weighted by Gasteiger charge is -2.33. The number of para-hydroxylation sites is 2. The Morgan fingerprint density at radius 1 is 1.15 bits per heavy atom. The Labute approximate surface area is 118 Å². The molecule has 2 aromatic rings. The smallest absolute Gasteiger partial charge is 0.147 e. The van der Waals surface area contributed by atoms with Gasteiger partial charge in [-0.05, 0) is 37.5 Å². The van der Waals surface area contributed by atoms with Gasteiger partial charge in [-0.15, -0.1) is 0 Å². The number of anilines is 2. The monoisotopic (exact) mass is 271 g/mol. The molecule has 1 aliphatic rings. The molecule has 0 aromatic heterocycles. The molecule has 0 saturated heterocycles. The van der Waals surface area contributed by atoms with Crippen molar-refractivity contribution >= 4 is 11.4 Å². The van der Waals surface area contributed by atoms with Gasteiger partial charge in [0.2, 0.25) is 0 Å². The molecule has 0 bridgehead atoms. The van der Waals surface area contributed by atoms with Crippen molar-refractivity contribution in [1.82, 2.24) is 0 Å². The number of hydrogen-bond donors (Lipinski definition) is 1. The maximum Gasteiger partial charge on any atom is 0.147 e. The van der Waals surface area contributed by atoms with E-state index in [0.29, 0.717) is 11.3 Å². The molecular formula is C17H18FNO. The molecule has 0 radical (unpaired) electrons. The van der Waals surface area contributed by atoms with Crippen molar-refractivity contribution < 1.29 is 9.50 Å². The van der Waals surface area contributed by atoms with Crippen molar-refractivity contribution in [3.8, 4) is 0 Å². The highest BCUT2D eigenvalue weighted by atomic mass is 19.1. The van der Waals surface area contributed by atoms with Crippen molar-refractivity contribution in [2.45, 2.75) is 25.9 Å². The largest absolute Gasteiger partial charge is 0.389 e. The highest BCUT2D eigenvalue weighted by Gasteiger charge is 2.24. The quantitative estimate of drug-likeness (QED) is 0.893. The molecule has 2 aromatic carbocycles. The highest BCUT2D eigenvalue weighted by molar-refractivity contribution is 5.71. The van der Waals surface area contributed by atoms with Crippen LogP contribution in [0.4, 0.5) is 15.8 Å². The highest BCUT2D eigenvalue weighted by Crippen LogP contribution is 2.38. The summed E-state index contributed by atoms with van der Waals surface area (Å²) in [6.07, 6.45) is 1.32. The van der Waals surface area contributed by atoms with Gasteiger partial charge in [0.05, 0.1) is 11.8 Å². The third kappa shape index (κ3) is 2.18. The van der Waals surface area contributed by atoms with Crippen LogP contribution in [0.3, 0.4) is 0 Å². The Morgan fingerprint density at radius 3 is 2.75 bits per heavy atom. The van der Waals surface area contributed by atoms with Gasteiger partial charge < -0.3 is 10.0 Å². The van der Waals surface area contributed by atoms with Crippen molar-refractivity contribution in [3.05, 3.63) is 59.4 Å². The normalized spacial score (nSPS) is 15.8. The summed E-state index contributed by atoms with van der Waals surface area (Å²) in [6.45, 7) is 2.45. The Morgan fingerprint density at radius 2 is 1.95 bits per heavy atom. The fourth-order valence-electron chi connectivity index (χ4n) is 2.92. The van der Waals surface area contributed by atoms with E-state index in [1.807, 2.05) is 23.1 Å². The zero-order valence-corrected chi connectivity index (χ0v) is 11.5. The fourth-order valence-corrected chi connectivity index (χ4v) is 2.92. The van der Waals surface area contributed by atoms with E-state index in [9.17, 15) is 9.50 Å². The van der Waals surface area contributed by atoms with Crippen LogP contribution in [0.1, 0.15) is 30.6 Å². The number of halogens is 1. The number of hydrogen-bond acceptors (Lipinski definition) is 2. The van der Waals surface area contributed by atoms with Gasteiger partial charge in [0.25, 0.3) is 0 Å². The van der Waals surface area contributed by atoms with E-state index in [1.54, 1.807) is 19.1 Å². The first-order valence-electron chi connectivity index (χ1n) is 7.00. The van der Waals surface area contributed by atoms with Crippen LogP contribution in [0, 0.1) is 5.82 Å². The maximum absolute atomic E-state index is 14.3. The van der Waals surface area contributed by atoms with Gasteiger partial charge in [0, 0.05) is 17.8 Å². The molecule has 0 saturated carbocycles. The van der Waals surface area contributed by atoms with Crippen LogP contribution in [-0.2, 0) is 6.42 Å². The summed E-state index contributed by atoms with van der Waals surface area (Å²) in [5.74, 6) is -0.278. The summed E-state index contributed by atoms with van der Waals surface area (Å²) >= 11 is 0. The number of nitrogens with zero attached hydrogens (tertiary/aromatic N) is 1. The van der Waals surface area contributed by atoms with Gasteiger partial charge in [-0.1, -0.05) is 30.3 Å². The third-order valence-corrected chi connectivity index (χ3v) is 3.85. The van der Waals surface area contributed by atoms with Gasteiger partial charge in [0.15, 0.2) is 0 Å². The fraction of sp³-hybridized carbons (Fsp3) is 0.294. The minimum Gasteiger partial charge on any atom is -0.389 e. The maximum atomic E-state index is 14.3. The molecule has 0 amide bonds. The standard InChI is InChI=1S/C17H18FNO/c1-12(20)14-8-4-9-15(18)17(14)19-11-5-7-13-6-2-3-10-16(13)19/h2-4,6,8-10,12,20H,5,7,11H2,1H3/t12-/m0/s1. The Balaban J connectivity index is 2.16. The molecular weight excluding hydrogens is 253 g/mol. The summed E-state index contributed by atoms with van der Waals surface area (Å²) in [6, 6.07) is 13.0. The Hall–Kier alpha value is -1.87. The lowest BCUT2D eigenvalue weighted by atomic mass is 9.99. The second-order valence-corrected chi connectivity index (χ2v) is 5.24. The average Bonchev–Trinajstić information content (AvgIpc) is 2.46. The molecule has 1 heterocycles. The van der Waals surface area contributed by atoms with Crippen LogP contribution in [0.25, 0.3) is 0 Å². The number of fused-ring (bicyclic) bond motifs is 1.